The molecule has 196 valence electrons. The van der Waals surface area contributed by atoms with E-state index in [1.807, 2.05) is 12.1 Å². The summed E-state index contributed by atoms with van der Waals surface area (Å²) >= 11 is 0. The van der Waals surface area contributed by atoms with Gasteiger partial charge in [-0.05, 0) is 86.0 Å². The maximum Gasteiger partial charge on any atom is 0.291 e. The molecule has 2 N–H and O–H groups in total. The first-order valence-corrected chi connectivity index (χ1v) is 13.5. The minimum absolute atomic E-state index is 0.0830. The molecule has 2 saturated heterocycles. The van der Waals surface area contributed by atoms with Gasteiger partial charge in [-0.3, -0.25) is 4.79 Å². The summed E-state index contributed by atoms with van der Waals surface area (Å²) in [5.74, 6) is 0.164. The lowest BCUT2D eigenvalue weighted by molar-refractivity contribution is -0.168. The number of benzene rings is 1. The van der Waals surface area contributed by atoms with Crippen LogP contribution in [0.1, 0.15) is 105 Å². The van der Waals surface area contributed by atoms with Gasteiger partial charge in [0.05, 0.1) is 17.8 Å². The molecule has 2 fully saturated rings. The minimum Gasteiger partial charge on any atom is -0.382 e. The second-order valence-corrected chi connectivity index (χ2v) is 12.0. The number of methoxy groups -OCH3 is 1. The van der Waals surface area contributed by atoms with Gasteiger partial charge >= 0.3 is 0 Å². The quantitative estimate of drug-likeness (QED) is 0.460. The molecule has 7 heteroatoms. The molecule has 2 bridgehead atoms. The molecule has 37 heavy (non-hydrogen) atoms. The number of amides is 1. The van der Waals surface area contributed by atoms with Crippen molar-refractivity contribution in [1.29, 1.82) is 5.26 Å². The Morgan fingerprint density at radius 2 is 2.05 bits per heavy atom. The van der Waals surface area contributed by atoms with Crippen LogP contribution in [0.15, 0.2) is 30.5 Å². The molecule has 7 nitrogen and oxygen atoms in total. The number of hydrogen-bond donors (Lipinski definition) is 2. The van der Waals surface area contributed by atoms with Crippen LogP contribution in [0.25, 0.3) is 5.57 Å². The number of nitriles is 1. The van der Waals surface area contributed by atoms with Gasteiger partial charge in [0.25, 0.3) is 5.91 Å². The van der Waals surface area contributed by atoms with Crippen LogP contribution in [-0.2, 0) is 9.47 Å². The molecule has 1 amide bonds. The third-order valence-electron chi connectivity index (χ3n) is 8.75. The highest BCUT2D eigenvalue weighted by atomic mass is 16.6. The molecule has 0 radical (unpaired) electrons. The summed E-state index contributed by atoms with van der Waals surface area (Å²) in [6, 6.07) is 8.45. The second kappa shape index (κ2) is 9.74. The monoisotopic (exact) mass is 502 g/mol. The van der Waals surface area contributed by atoms with Crippen molar-refractivity contribution in [3.8, 4) is 6.07 Å². The van der Waals surface area contributed by atoms with Crippen LogP contribution >= 0.6 is 0 Å². The van der Waals surface area contributed by atoms with Gasteiger partial charge in [-0.25, -0.2) is 4.98 Å². The smallest absolute Gasteiger partial charge is 0.291 e. The predicted molar refractivity (Wildman–Crippen MR) is 143 cm³/mol. The van der Waals surface area contributed by atoms with Crippen LogP contribution in [0, 0.1) is 16.7 Å². The third kappa shape index (κ3) is 5.10. The average molecular weight is 503 g/mol. The van der Waals surface area contributed by atoms with Crippen molar-refractivity contribution < 1.29 is 14.3 Å². The Bertz CT molecular complexity index is 1260. The number of carbonyl (C=O) groups is 1. The Kier molecular flexibility index (Phi) is 6.76. The van der Waals surface area contributed by atoms with E-state index >= 15 is 0 Å². The molecule has 1 aliphatic carbocycles. The average Bonchev–Trinajstić information content (AvgIpc) is 3.47. The summed E-state index contributed by atoms with van der Waals surface area (Å²) in [5, 5.41) is 12.1. The Morgan fingerprint density at radius 1 is 1.27 bits per heavy atom. The highest BCUT2D eigenvalue weighted by Crippen LogP contribution is 2.55. The van der Waals surface area contributed by atoms with E-state index in [0.717, 1.165) is 62.6 Å². The fraction of sp³-hybridized carbons (Fsp3) is 0.567. The maximum atomic E-state index is 13.0. The first-order chi connectivity index (χ1) is 17.7. The summed E-state index contributed by atoms with van der Waals surface area (Å²) in [6.45, 7) is 7.47. The number of anilines is 1. The number of carbonyl (C=O) groups excluding carboxylic acids is 1. The third-order valence-corrected chi connectivity index (χ3v) is 8.75. The van der Waals surface area contributed by atoms with Gasteiger partial charge in [0, 0.05) is 24.6 Å². The van der Waals surface area contributed by atoms with E-state index in [1.54, 1.807) is 7.11 Å². The number of fused-ring (bicyclic) bond motifs is 2. The van der Waals surface area contributed by atoms with Crippen molar-refractivity contribution in [2.75, 3.05) is 19.0 Å². The molecule has 3 aliphatic rings. The Hall–Kier alpha value is -2.95. The van der Waals surface area contributed by atoms with E-state index in [2.05, 4.69) is 54.3 Å². The van der Waals surface area contributed by atoms with Crippen molar-refractivity contribution in [3.05, 3.63) is 53.1 Å². The summed E-state index contributed by atoms with van der Waals surface area (Å²) in [5.41, 5.74) is 4.62. The standard InChI is InChI=1S/C30H38N4O3/c1-5-29-12-13-30(37-29,19-36-4)16-22(15-29)21-6-7-25(34-27(35)26-32-18-23(17-31)33-26)24(14-21)20-8-10-28(2,3)11-9-20/h6-8,14,18,22H,5,9-13,15-16,19H2,1-4H3,(H,32,33)(H,34,35)/t22-,29-,30+/m1/s1. The molecule has 0 unspecified atom stereocenters. The van der Waals surface area contributed by atoms with Crippen LogP contribution in [0.5, 0.6) is 0 Å². The molecular weight excluding hydrogens is 464 g/mol. The van der Waals surface area contributed by atoms with Gasteiger partial charge in [-0.1, -0.05) is 32.9 Å². The van der Waals surface area contributed by atoms with Gasteiger partial charge < -0.3 is 19.8 Å². The molecular formula is C30H38N4O3. The maximum absolute atomic E-state index is 13.0. The Balaban J connectivity index is 1.49. The normalized spacial score (nSPS) is 28.4. The lowest BCUT2D eigenvalue weighted by Gasteiger charge is -2.44. The van der Waals surface area contributed by atoms with Gasteiger partial charge in [0.15, 0.2) is 11.5 Å². The zero-order chi connectivity index (χ0) is 26.3. The van der Waals surface area contributed by atoms with Crippen LogP contribution in [0.4, 0.5) is 5.69 Å². The molecule has 2 aromatic rings. The lowest BCUT2D eigenvalue weighted by Crippen LogP contribution is -2.45. The summed E-state index contributed by atoms with van der Waals surface area (Å²) in [6.07, 6.45) is 12.0. The van der Waals surface area contributed by atoms with Gasteiger partial charge in [-0.15, -0.1) is 0 Å². The molecule has 0 saturated carbocycles. The molecule has 2 aliphatic heterocycles. The topological polar surface area (TPSA) is 100 Å². The number of imidazole rings is 1. The zero-order valence-corrected chi connectivity index (χ0v) is 22.4. The van der Waals surface area contributed by atoms with E-state index in [-0.39, 0.29) is 34.0 Å². The lowest BCUT2D eigenvalue weighted by atomic mass is 9.75. The fourth-order valence-electron chi connectivity index (χ4n) is 6.52. The van der Waals surface area contributed by atoms with Crippen LogP contribution in [0.2, 0.25) is 0 Å². The molecule has 5 rings (SSSR count). The van der Waals surface area contributed by atoms with E-state index in [4.69, 9.17) is 14.7 Å². The number of aromatic nitrogens is 2. The molecule has 1 aromatic heterocycles. The number of allylic oxidation sites excluding steroid dienone is 2. The van der Waals surface area contributed by atoms with Gasteiger partial charge in [0.1, 0.15) is 6.07 Å². The van der Waals surface area contributed by atoms with E-state index < -0.39 is 0 Å². The van der Waals surface area contributed by atoms with Crippen molar-refractivity contribution in [2.24, 2.45) is 5.41 Å². The highest BCUT2D eigenvalue weighted by molar-refractivity contribution is 6.03. The van der Waals surface area contributed by atoms with Gasteiger partial charge in [-0.2, -0.15) is 5.26 Å². The molecule has 0 spiro atoms. The van der Waals surface area contributed by atoms with Crippen LogP contribution < -0.4 is 5.32 Å². The van der Waals surface area contributed by atoms with E-state index in [0.29, 0.717) is 12.5 Å². The SMILES string of the molecule is CC[C@@]12CC[C@@](COC)(C[C@H](c3ccc(NC(=O)c4nc(C#N)c[nH]4)c(C4=CCC(C)(C)CC4)c3)C1)O2. The van der Waals surface area contributed by atoms with Crippen molar-refractivity contribution in [1.82, 2.24) is 9.97 Å². The predicted octanol–water partition coefficient (Wildman–Crippen LogP) is 6.35. The number of aromatic amines is 1. The molecule has 3 atom stereocenters. The number of H-pyrrole nitrogens is 1. The van der Waals surface area contributed by atoms with Crippen molar-refractivity contribution in [3.63, 3.8) is 0 Å². The van der Waals surface area contributed by atoms with E-state index in [9.17, 15) is 4.79 Å². The van der Waals surface area contributed by atoms with Crippen molar-refractivity contribution in [2.45, 2.75) is 89.3 Å². The Labute approximate surface area is 219 Å². The highest BCUT2D eigenvalue weighted by Gasteiger charge is 2.54. The largest absolute Gasteiger partial charge is 0.382 e. The first kappa shape index (κ1) is 25.7. The summed E-state index contributed by atoms with van der Waals surface area (Å²) < 4.78 is 12.3. The zero-order valence-electron chi connectivity index (χ0n) is 22.4. The summed E-state index contributed by atoms with van der Waals surface area (Å²) in [4.78, 5) is 19.9. The number of nitrogens with one attached hydrogen (secondary N) is 2. The molecule has 1 aromatic carbocycles. The Morgan fingerprint density at radius 3 is 2.73 bits per heavy atom. The summed E-state index contributed by atoms with van der Waals surface area (Å²) in [7, 11) is 1.76. The van der Waals surface area contributed by atoms with Crippen molar-refractivity contribution >= 4 is 17.2 Å². The minimum atomic E-state index is -0.347. The molecule has 3 heterocycles. The fourth-order valence-corrected chi connectivity index (χ4v) is 6.52. The first-order valence-electron chi connectivity index (χ1n) is 13.5. The van der Waals surface area contributed by atoms with E-state index in [1.165, 1.54) is 17.3 Å². The number of ether oxygens (including phenoxy) is 2. The van der Waals surface area contributed by atoms with Crippen LogP contribution in [-0.4, -0.2) is 40.8 Å². The number of nitrogens with zero attached hydrogens (tertiary/aromatic N) is 2. The van der Waals surface area contributed by atoms with Crippen LogP contribution in [0.3, 0.4) is 0 Å². The van der Waals surface area contributed by atoms with Gasteiger partial charge in [0.2, 0.25) is 0 Å². The number of rotatable bonds is 7. The number of hydrogen-bond acceptors (Lipinski definition) is 5. The second-order valence-electron chi connectivity index (χ2n) is 12.0.